The van der Waals surface area contributed by atoms with Crippen LogP contribution in [0.1, 0.15) is 37.6 Å². The summed E-state index contributed by atoms with van der Waals surface area (Å²) in [5.74, 6) is -0.206. The van der Waals surface area contributed by atoms with Crippen molar-refractivity contribution in [3.05, 3.63) is 29.8 Å². The van der Waals surface area contributed by atoms with E-state index in [4.69, 9.17) is 4.74 Å². The van der Waals surface area contributed by atoms with Gasteiger partial charge in [0.1, 0.15) is 6.10 Å². The molecule has 0 saturated carbocycles. The molecule has 0 radical (unpaired) electrons. The quantitative estimate of drug-likeness (QED) is 0.788. The van der Waals surface area contributed by atoms with Crippen LogP contribution in [0.5, 0.6) is 0 Å². The van der Waals surface area contributed by atoms with E-state index in [-0.39, 0.29) is 11.7 Å². The van der Waals surface area contributed by atoms with Gasteiger partial charge in [-0.3, -0.25) is 9.59 Å². The summed E-state index contributed by atoms with van der Waals surface area (Å²) in [6.45, 7) is 5.74. The van der Waals surface area contributed by atoms with Crippen molar-refractivity contribution in [3.8, 4) is 0 Å². The molecule has 0 spiro atoms. The van der Waals surface area contributed by atoms with E-state index in [9.17, 15) is 9.59 Å². The fraction of sp³-hybridized carbons (Fsp3) is 0.429. The van der Waals surface area contributed by atoms with E-state index in [2.05, 4.69) is 5.32 Å². The number of ketones is 1. The number of hydrogen-bond donors (Lipinski definition) is 1. The van der Waals surface area contributed by atoms with Crippen molar-refractivity contribution in [2.24, 2.45) is 0 Å². The lowest BCUT2D eigenvalue weighted by molar-refractivity contribution is -0.127. The highest BCUT2D eigenvalue weighted by molar-refractivity contribution is 5.98. The number of hydrogen-bond acceptors (Lipinski definition) is 3. The molecule has 0 aliphatic heterocycles. The fourth-order valence-electron chi connectivity index (χ4n) is 1.62. The number of nitrogens with one attached hydrogen (secondary N) is 1. The zero-order valence-corrected chi connectivity index (χ0v) is 11.0. The van der Waals surface area contributed by atoms with Crippen LogP contribution in [0.15, 0.2) is 24.3 Å². The first-order valence-corrected chi connectivity index (χ1v) is 6.12. The topological polar surface area (TPSA) is 55.4 Å². The molecule has 4 heteroatoms. The molecule has 1 unspecified atom stereocenters. The normalized spacial score (nSPS) is 11.9. The summed E-state index contributed by atoms with van der Waals surface area (Å²) in [6, 6.07) is 6.88. The highest BCUT2D eigenvalue weighted by Gasteiger charge is 2.16. The number of rotatable bonds is 6. The van der Waals surface area contributed by atoms with Gasteiger partial charge in [-0.05, 0) is 32.4 Å². The molecule has 98 valence electrons. The average molecular weight is 249 g/mol. The number of ether oxygens (including phenoxy) is 1. The number of carbonyl (C=O) groups is 2. The van der Waals surface area contributed by atoms with Crippen LogP contribution >= 0.6 is 0 Å². The smallest absolute Gasteiger partial charge is 0.253 e. The predicted octanol–water partition coefficient (Wildman–Crippen LogP) is 2.64. The molecule has 0 fully saturated rings. The van der Waals surface area contributed by atoms with Gasteiger partial charge < -0.3 is 10.1 Å². The van der Waals surface area contributed by atoms with Crippen molar-refractivity contribution in [1.82, 2.24) is 0 Å². The zero-order chi connectivity index (χ0) is 13.5. The van der Waals surface area contributed by atoms with Crippen LogP contribution in [0.2, 0.25) is 0 Å². The Morgan fingerprint density at radius 1 is 1.33 bits per heavy atom. The summed E-state index contributed by atoms with van der Waals surface area (Å²) in [5, 5.41) is 2.76. The molecule has 1 rings (SSSR count). The number of benzene rings is 1. The molecule has 0 bridgehead atoms. The first-order chi connectivity index (χ1) is 8.58. The van der Waals surface area contributed by atoms with E-state index in [1.807, 2.05) is 13.8 Å². The van der Waals surface area contributed by atoms with Crippen molar-refractivity contribution in [3.63, 3.8) is 0 Å². The summed E-state index contributed by atoms with van der Waals surface area (Å²) in [7, 11) is 0. The Bertz CT molecular complexity index is 429. The van der Waals surface area contributed by atoms with Gasteiger partial charge in [-0.1, -0.05) is 19.1 Å². The lowest BCUT2D eigenvalue weighted by atomic mass is 10.1. The third kappa shape index (κ3) is 3.96. The molecular weight excluding hydrogens is 230 g/mol. The summed E-state index contributed by atoms with van der Waals surface area (Å²) in [6.07, 6.45) is 0.169. The molecule has 18 heavy (non-hydrogen) atoms. The Hall–Kier alpha value is -1.68. The van der Waals surface area contributed by atoms with Gasteiger partial charge in [0.05, 0.1) is 0 Å². The molecule has 1 aromatic carbocycles. The Balaban J connectivity index is 2.74. The second-order valence-corrected chi connectivity index (χ2v) is 3.98. The number of Topliss-reactive ketones (excluding diaryl/α,β-unsaturated/α-hetero) is 1. The number of amides is 1. The maximum atomic E-state index is 11.9. The van der Waals surface area contributed by atoms with E-state index >= 15 is 0 Å². The van der Waals surface area contributed by atoms with Gasteiger partial charge in [-0.15, -0.1) is 0 Å². The van der Waals surface area contributed by atoms with Gasteiger partial charge >= 0.3 is 0 Å². The first kappa shape index (κ1) is 14.4. The van der Waals surface area contributed by atoms with Gasteiger partial charge in [-0.2, -0.15) is 0 Å². The van der Waals surface area contributed by atoms with Gasteiger partial charge in [0, 0.05) is 17.9 Å². The van der Waals surface area contributed by atoms with Crippen molar-refractivity contribution < 1.29 is 14.3 Å². The van der Waals surface area contributed by atoms with E-state index in [0.717, 1.165) is 0 Å². The lowest BCUT2D eigenvalue weighted by Gasteiger charge is -2.15. The van der Waals surface area contributed by atoms with Gasteiger partial charge in [-0.25, -0.2) is 0 Å². The standard InChI is InChI=1S/C14H19NO3/c1-4-13(18-5-2)14(17)15-12-8-6-7-11(9-12)10(3)16/h6-9,13H,4-5H2,1-3H3,(H,15,17). The molecule has 0 aliphatic rings. The second kappa shape index (κ2) is 6.91. The molecule has 1 N–H and O–H groups in total. The van der Waals surface area contributed by atoms with Crippen molar-refractivity contribution in [1.29, 1.82) is 0 Å². The molecule has 1 aromatic rings. The minimum Gasteiger partial charge on any atom is -0.369 e. The van der Waals surface area contributed by atoms with Gasteiger partial charge in [0.2, 0.25) is 0 Å². The Morgan fingerprint density at radius 2 is 2.06 bits per heavy atom. The highest BCUT2D eigenvalue weighted by atomic mass is 16.5. The van der Waals surface area contributed by atoms with Crippen LogP contribution in [0.3, 0.4) is 0 Å². The third-order valence-electron chi connectivity index (χ3n) is 2.57. The van der Waals surface area contributed by atoms with Crippen molar-refractivity contribution in [2.45, 2.75) is 33.3 Å². The van der Waals surface area contributed by atoms with E-state index in [1.54, 1.807) is 24.3 Å². The van der Waals surface area contributed by atoms with E-state index in [1.165, 1.54) is 6.92 Å². The average Bonchev–Trinajstić information content (AvgIpc) is 2.36. The minimum atomic E-state index is -0.448. The highest BCUT2D eigenvalue weighted by Crippen LogP contribution is 2.12. The molecule has 0 aromatic heterocycles. The van der Waals surface area contributed by atoms with Crippen LogP contribution in [-0.4, -0.2) is 24.4 Å². The molecule has 0 saturated heterocycles. The largest absolute Gasteiger partial charge is 0.369 e. The molecule has 1 atom stereocenters. The second-order valence-electron chi connectivity index (χ2n) is 3.98. The van der Waals surface area contributed by atoms with Crippen LogP contribution < -0.4 is 5.32 Å². The van der Waals surface area contributed by atoms with Gasteiger partial charge in [0.15, 0.2) is 5.78 Å². The molecule has 0 heterocycles. The van der Waals surface area contributed by atoms with Gasteiger partial charge in [0.25, 0.3) is 5.91 Å². The van der Waals surface area contributed by atoms with Crippen LogP contribution in [-0.2, 0) is 9.53 Å². The van der Waals surface area contributed by atoms with Crippen LogP contribution in [0, 0.1) is 0 Å². The van der Waals surface area contributed by atoms with Crippen molar-refractivity contribution in [2.75, 3.05) is 11.9 Å². The molecule has 0 aliphatic carbocycles. The first-order valence-electron chi connectivity index (χ1n) is 6.12. The lowest BCUT2D eigenvalue weighted by Crippen LogP contribution is -2.29. The Kier molecular flexibility index (Phi) is 5.52. The minimum absolute atomic E-state index is 0.0250. The summed E-state index contributed by atoms with van der Waals surface area (Å²) in [4.78, 5) is 23.1. The third-order valence-corrected chi connectivity index (χ3v) is 2.57. The summed E-state index contributed by atoms with van der Waals surface area (Å²) in [5.41, 5.74) is 1.20. The van der Waals surface area contributed by atoms with Crippen LogP contribution in [0.25, 0.3) is 0 Å². The Labute approximate surface area is 107 Å². The van der Waals surface area contributed by atoms with E-state index < -0.39 is 6.10 Å². The molecule has 1 amide bonds. The predicted molar refractivity (Wildman–Crippen MR) is 70.8 cm³/mol. The summed E-state index contributed by atoms with van der Waals surface area (Å²) < 4.78 is 5.32. The molecule has 4 nitrogen and oxygen atoms in total. The fourth-order valence-corrected chi connectivity index (χ4v) is 1.62. The van der Waals surface area contributed by atoms with Crippen molar-refractivity contribution >= 4 is 17.4 Å². The summed E-state index contributed by atoms with van der Waals surface area (Å²) >= 11 is 0. The zero-order valence-electron chi connectivity index (χ0n) is 11.0. The number of anilines is 1. The SMILES string of the molecule is CCOC(CC)C(=O)Nc1cccc(C(C)=O)c1. The maximum absolute atomic E-state index is 11.9. The number of carbonyl (C=O) groups excluding carboxylic acids is 2. The van der Waals surface area contributed by atoms with Crippen LogP contribution in [0.4, 0.5) is 5.69 Å². The maximum Gasteiger partial charge on any atom is 0.253 e. The Morgan fingerprint density at radius 3 is 2.61 bits per heavy atom. The monoisotopic (exact) mass is 249 g/mol. The molecular formula is C14H19NO3. The van der Waals surface area contributed by atoms with E-state index in [0.29, 0.717) is 24.3 Å².